The second-order valence-electron chi connectivity index (χ2n) is 8.19. The fraction of sp³-hybridized carbons (Fsp3) is 0.476. The van der Waals surface area contributed by atoms with E-state index in [1.807, 2.05) is 0 Å². The van der Waals surface area contributed by atoms with Crippen molar-refractivity contribution in [2.45, 2.75) is 49.8 Å². The number of rotatable bonds is 7. The van der Waals surface area contributed by atoms with Crippen LogP contribution in [0.2, 0.25) is 0 Å². The lowest BCUT2D eigenvalue weighted by molar-refractivity contribution is -0.145. The van der Waals surface area contributed by atoms with Gasteiger partial charge in [-0.15, -0.1) is 11.8 Å². The number of hydrogen-bond acceptors (Lipinski definition) is 5. The summed E-state index contributed by atoms with van der Waals surface area (Å²) in [6, 6.07) is 4.49. The summed E-state index contributed by atoms with van der Waals surface area (Å²) < 4.78 is 15.4. The highest BCUT2D eigenvalue weighted by molar-refractivity contribution is 9.10. The second-order valence-corrected chi connectivity index (χ2v) is 11.3. The van der Waals surface area contributed by atoms with Crippen molar-refractivity contribution in [1.29, 1.82) is 0 Å². The maximum atomic E-state index is 14.2. The summed E-state index contributed by atoms with van der Waals surface area (Å²) in [5.74, 6) is -0.871. The number of thiazole rings is 1. The first-order valence-electron chi connectivity index (χ1n) is 9.94. The van der Waals surface area contributed by atoms with E-state index in [9.17, 15) is 19.1 Å². The van der Waals surface area contributed by atoms with Gasteiger partial charge in [0.15, 0.2) is 5.13 Å². The topological polar surface area (TPSA) is 73.7 Å². The Hall–Kier alpha value is -1.65. The van der Waals surface area contributed by atoms with E-state index >= 15 is 0 Å². The minimum Gasteiger partial charge on any atom is -0.481 e. The minimum absolute atomic E-state index is 0.0145. The van der Waals surface area contributed by atoms with Crippen molar-refractivity contribution in [3.05, 3.63) is 34.7 Å². The first-order valence-corrected chi connectivity index (χ1v) is 12.5. The maximum absolute atomic E-state index is 14.2. The van der Waals surface area contributed by atoms with Crippen LogP contribution in [-0.4, -0.2) is 40.9 Å². The van der Waals surface area contributed by atoms with Gasteiger partial charge >= 0.3 is 12.0 Å². The van der Waals surface area contributed by atoms with Crippen molar-refractivity contribution in [2.24, 2.45) is 5.41 Å². The monoisotopic (exact) mass is 529 g/mol. The Morgan fingerprint density at radius 2 is 2.03 bits per heavy atom. The highest BCUT2D eigenvalue weighted by atomic mass is 79.9. The van der Waals surface area contributed by atoms with Gasteiger partial charge in [0.2, 0.25) is 0 Å². The van der Waals surface area contributed by atoms with E-state index in [1.54, 1.807) is 44.1 Å². The van der Waals surface area contributed by atoms with Gasteiger partial charge in [-0.05, 0) is 60.8 Å². The van der Waals surface area contributed by atoms with Crippen LogP contribution in [0.15, 0.2) is 33.1 Å². The van der Waals surface area contributed by atoms with E-state index in [-0.39, 0.29) is 12.1 Å². The number of nitrogens with zero attached hydrogens (tertiary/aromatic N) is 3. The Balaban J connectivity index is 1.79. The smallest absolute Gasteiger partial charge is 0.330 e. The largest absolute Gasteiger partial charge is 0.481 e. The number of carboxylic acid groups (broad SMARTS) is 1. The van der Waals surface area contributed by atoms with Crippen molar-refractivity contribution >= 4 is 61.8 Å². The molecule has 1 aliphatic rings. The molecule has 3 rings (SSSR count). The Labute approximate surface area is 198 Å². The van der Waals surface area contributed by atoms with Gasteiger partial charge in [-0.25, -0.2) is 14.2 Å². The molecule has 1 saturated carbocycles. The Morgan fingerprint density at radius 1 is 1.35 bits per heavy atom. The third-order valence-electron chi connectivity index (χ3n) is 5.28. The Morgan fingerprint density at radius 3 is 2.65 bits per heavy atom. The molecule has 0 atom stereocenters. The molecule has 0 aliphatic heterocycles. The Kier molecular flexibility index (Phi) is 7.64. The molecule has 0 bridgehead atoms. The highest BCUT2D eigenvalue weighted by Gasteiger charge is 2.32. The molecule has 0 saturated heterocycles. The van der Waals surface area contributed by atoms with Gasteiger partial charge < -0.3 is 5.11 Å². The summed E-state index contributed by atoms with van der Waals surface area (Å²) in [6.07, 6.45) is 5.48. The van der Waals surface area contributed by atoms with E-state index < -0.39 is 17.2 Å². The molecule has 2 amide bonds. The van der Waals surface area contributed by atoms with Crippen LogP contribution in [-0.2, 0) is 4.79 Å². The van der Waals surface area contributed by atoms with Gasteiger partial charge in [-0.3, -0.25) is 14.6 Å². The molecule has 1 N–H and O–H groups in total. The van der Waals surface area contributed by atoms with E-state index in [2.05, 4.69) is 20.9 Å². The highest BCUT2D eigenvalue weighted by Crippen LogP contribution is 2.36. The summed E-state index contributed by atoms with van der Waals surface area (Å²) in [5.41, 5.74) is -0.333. The van der Waals surface area contributed by atoms with E-state index in [1.165, 1.54) is 34.1 Å². The molecule has 0 unspecified atom stereocenters. The van der Waals surface area contributed by atoms with E-state index in [0.717, 1.165) is 29.9 Å². The summed E-state index contributed by atoms with van der Waals surface area (Å²) >= 11 is 5.91. The molecule has 2 aromatic rings. The van der Waals surface area contributed by atoms with Crippen LogP contribution < -0.4 is 9.80 Å². The quantitative estimate of drug-likeness (QED) is 0.429. The molecule has 10 heteroatoms. The minimum atomic E-state index is -0.860. The molecule has 1 aromatic carbocycles. The Bertz CT molecular complexity index is 963. The van der Waals surface area contributed by atoms with Crippen LogP contribution >= 0.6 is 39.0 Å². The van der Waals surface area contributed by atoms with Gasteiger partial charge in [-0.2, -0.15) is 0 Å². The van der Waals surface area contributed by atoms with Gasteiger partial charge in [0.1, 0.15) is 5.82 Å². The number of aromatic nitrogens is 1. The first-order chi connectivity index (χ1) is 14.6. The normalized spacial score (nSPS) is 14.6. The van der Waals surface area contributed by atoms with Crippen molar-refractivity contribution in [2.75, 3.05) is 22.6 Å². The number of urea groups is 1. The summed E-state index contributed by atoms with van der Waals surface area (Å²) in [5, 5.41) is 9.80. The molecule has 6 nitrogen and oxygen atoms in total. The van der Waals surface area contributed by atoms with E-state index in [4.69, 9.17) is 0 Å². The summed E-state index contributed by atoms with van der Waals surface area (Å²) in [7, 11) is 1.66. The number of carboxylic acids is 1. The zero-order valence-corrected chi connectivity index (χ0v) is 20.8. The number of carbonyl (C=O) groups excluding carboxylic acids is 1. The number of hydrogen-bond donors (Lipinski definition) is 1. The molecule has 0 spiro atoms. The molecular weight excluding hydrogens is 505 g/mol. The molecule has 0 radical (unpaired) electrons. The number of halogens is 2. The standard InChI is InChI=1S/C21H25BrFN3O3S2/c1-21(2,18(27)28)12-30-17-11-24-19(31-17)25(3)20(29)26(13-6-4-5-7-13)14-8-9-15(22)16(23)10-14/h8-11,13H,4-7,12H2,1-3H3,(H,27,28). The zero-order valence-electron chi connectivity index (χ0n) is 17.6. The van der Waals surface area contributed by atoms with Gasteiger partial charge in [-0.1, -0.05) is 24.2 Å². The van der Waals surface area contributed by atoms with Gasteiger partial charge in [0.05, 0.1) is 20.3 Å². The lowest BCUT2D eigenvalue weighted by atomic mass is 9.97. The molecule has 1 fully saturated rings. The number of aliphatic carboxylic acids is 1. The number of amides is 2. The fourth-order valence-corrected chi connectivity index (χ4v) is 5.55. The van der Waals surface area contributed by atoms with Crippen LogP contribution in [0.1, 0.15) is 39.5 Å². The third kappa shape index (κ3) is 5.59. The summed E-state index contributed by atoms with van der Waals surface area (Å²) in [4.78, 5) is 32.3. The predicted molar refractivity (Wildman–Crippen MR) is 127 cm³/mol. The zero-order chi connectivity index (χ0) is 22.8. The van der Waals surface area contributed by atoms with Crippen molar-refractivity contribution in [3.63, 3.8) is 0 Å². The maximum Gasteiger partial charge on any atom is 0.330 e. The summed E-state index contributed by atoms with van der Waals surface area (Å²) in [6.45, 7) is 3.35. The molecule has 168 valence electrons. The van der Waals surface area contributed by atoms with Crippen LogP contribution in [0, 0.1) is 11.2 Å². The van der Waals surface area contributed by atoms with Crippen LogP contribution in [0.5, 0.6) is 0 Å². The van der Waals surface area contributed by atoms with Crippen molar-refractivity contribution in [3.8, 4) is 0 Å². The SMILES string of the molecule is CN(C(=O)N(c1ccc(Br)c(F)c1)C1CCCC1)c1ncc(SCC(C)(C)C(=O)O)s1. The number of carbonyl (C=O) groups is 2. The van der Waals surface area contributed by atoms with Crippen LogP contribution in [0.25, 0.3) is 0 Å². The molecule has 1 aromatic heterocycles. The van der Waals surface area contributed by atoms with Crippen molar-refractivity contribution in [1.82, 2.24) is 4.98 Å². The molecule has 1 aliphatic carbocycles. The fourth-order valence-electron chi connectivity index (χ4n) is 3.30. The van der Waals surface area contributed by atoms with Gasteiger partial charge in [0.25, 0.3) is 0 Å². The average molecular weight is 530 g/mol. The number of benzene rings is 1. The van der Waals surface area contributed by atoms with Crippen LogP contribution in [0.4, 0.5) is 20.0 Å². The predicted octanol–water partition coefficient (Wildman–Crippen LogP) is 6.25. The number of thioether (sulfide) groups is 1. The third-order valence-corrected chi connectivity index (χ3v) is 8.65. The van der Waals surface area contributed by atoms with E-state index in [0.29, 0.717) is 21.0 Å². The van der Waals surface area contributed by atoms with Gasteiger partial charge in [0, 0.05) is 24.5 Å². The lowest BCUT2D eigenvalue weighted by Gasteiger charge is -2.32. The number of anilines is 2. The molecule has 1 heterocycles. The van der Waals surface area contributed by atoms with Crippen LogP contribution in [0.3, 0.4) is 0 Å². The molecule has 31 heavy (non-hydrogen) atoms. The average Bonchev–Trinajstić information content (AvgIpc) is 3.41. The second kappa shape index (κ2) is 9.87. The molecular formula is C21H25BrFN3O3S2. The lowest BCUT2D eigenvalue weighted by Crippen LogP contribution is -2.46. The first kappa shape index (κ1) is 24.0. The van der Waals surface area contributed by atoms with Crippen molar-refractivity contribution < 1.29 is 19.1 Å².